The number of halogens is 1. The SMILES string of the molecule is CN=C(NCc1ccc(-n2ccnc2)nc1)NCc1ccc2c(c1)OCO2.I. The Kier molecular flexibility index (Phi) is 6.69. The van der Waals surface area contributed by atoms with Gasteiger partial charge in [-0.2, -0.15) is 0 Å². The van der Waals surface area contributed by atoms with Gasteiger partial charge in [0.25, 0.3) is 0 Å². The van der Waals surface area contributed by atoms with Crippen molar-refractivity contribution in [2.24, 2.45) is 4.99 Å². The molecule has 0 atom stereocenters. The van der Waals surface area contributed by atoms with Crippen LogP contribution >= 0.6 is 24.0 Å². The van der Waals surface area contributed by atoms with E-state index in [2.05, 4.69) is 25.6 Å². The lowest BCUT2D eigenvalue weighted by molar-refractivity contribution is 0.174. The lowest BCUT2D eigenvalue weighted by atomic mass is 10.2. The summed E-state index contributed by atoms with van der Waals surface area (Å²) >= 11 is 0. The first-order chi connectivity index (χ1) is 13.3. The highest BCUT2D eigenvalue weighted by molar-refractivity contribution is 14.0. The van der Waals surface area contributed by atoms with Crippen LogP contribution in [-0.2, 0) is 13.1 Å². The van der Waals surface area contributed by atoms with Gasteiger partial charge >= 0.3 is 0 Å². The second kappa shape index (κ2) is 9.40. The number of benzene rings is 1. The summed E-state index contributed by atoms with van der Waals surface area (Å²) in [6, 6.07) is 9.89. The smallest absolute Gasteiger partial charge is 0.231 e. The zero-order chi connectivity index (χ0) is 18.5. The Morgan fingerprint density at radius 3 is 2.61 bits per heavy atom. The highest BCUT2D eigenvalue weighted by atomic mass is 127. The molecule has 0 amide bonds. The van der Waals surface area contributed by atoms with Gasteiger partial charge in [0.15, 0.2) is 17.5 Å². The number of guanidine groups is 1. The van der Waals surface area contributed by atoms with E-state index in [1.165, 1.54) is 0 Å². The van der Waals surface area contributed by atoms with E-state index in [4.69, 9.17) is 9.47 Å². The Bertz CT molecular complexity index is 928. The van der Waals surface area contributed by atoms with Gasteiger partial charge in [0, 0.05) is 38.7 Å². The first-order valence-electron chi connectivity index (χ1n) is 8.58. The molecule has 4 rings (SSSR count). The summed E-state index contributed by atoms with van der Waals surface area (Å²) in [4.78, 5) is 12.7. The number of aliphatic imine (C=N–C) groups is 1. The molecule has 0 radical (unpaired) electrons. The van der Waals surface area contributed by atoms with Crippen LogP contribution in [0.25, 0.3) is 5.82 Å². The molecule has 3 aromatic rings. The number of pyridine rings is 1. The van der Waals surface area contributed by atoms with E-state index in [1.54, 1.807) is 19.6 Å². The van der Waals surface area contributed by atoms with Gasteiger partial charge in [-0.15, -0.1) is 24.0 Å². The topological polar surface area (TPSA) is 85.6 Å². The summed E-state index contributed by atoms with van der Waals surface area (Å²) in [5, 5.41) is 6.58. The van der Waals surface area contributed by atoms with Crippen molar-refractivity contribution in [2.75, 3.05) is 13.8 Å². The van der Waals surface area contributed by atoms with Gasteiger partial charge in [-0.3, -0.25) is 9.56 Å². The maximum absolute atomic E-state index is 5.41. The molecule has 0 saturated carbocycles. The predicted octanol–water partition coefficient (Wildman–Crippen LogP) is 2.48. The molecule has 0 unspecified atom stereocenters. The number of hydrogen-bond donors (Lipinski definition) is 2. The molecule has 0 saturated heterocycles. The Morgan fingerprint density at radius 2 is 1.89 bits per heavy atom. The minimum Gasteiger partial charge on any atom is -0.454 e. The number of ether oxygens (including phenoxy) is 2. The van der Waals surface area contributed by atoms with Crippen molar-refractivity contribution in [2.45, 2.75) is 13.1 Å². The lowest BCUT2D eigenvalue weighted by Gasteiger charge is -2.12. The van der Waals surface area contributed by atoms with Gasteiger partial charge in [-0.05, 0) is 29.3 Å². The van der Waals surface area contributed by atoms with E-state index < -0.39 is 0 Å². The zero-order valence-corrected chi connectivity index (χ0v) is 17.7. The minimum atomic E-state index is 0. The van der Waals surface area contributed by atoms with E-state index in [0.29, 0.717) is 19.0 Å². The number of aromatic nitrogens is 3. The van der Waals surface area contributed by atoms with Gasteiger partial charge in [0.05, 0.1) is 0 Å². The van der Waals surface area contributed by atoms with Crippen LogP contribution in [-0.4, -0.2) is 34.3 Å². The molecule has 0 fully saturated rings. The Morgan fingerprint density at radius 1 is 1.11 bits per heavy atom. The number of nitrogens with zero attached hydrogens (tertiary/aromatic N) is 4. The monoisotopic (exact) mass is 492 g/mol. The van der Waals surface area contributed by atoms with E-state index >= 15 is 0 Å². The fourth-order valence-corrected chi connectivity index (χ4v) is 2.71. The lowest BCUT2D eigenvalue weighted by Crippen LogP contribution is -2.36. The molecule has 2 aromatic heterocycles. The Hall–Kier alpha value is -2.82. The van der Waals surface area contributed by atoms with E-state index in [-0.39, 0.29) is 30.8 Å². The third kappa shape index (κ3) is 4.71. The van der Waals surface area contributed by atoms with E-state index in [0.717, 1.165) is 28.4 Å². The number of rotatable bonds is 5. The molecule has 3 heterocycles. The van der Waals surface area contributed by atoms with Crippen LogP contribution in [0.5, 0.6) is 11.5 Å². The van der Waals surface area contributed by atoms with Gasteiger partial charge in [0.2, 0.25) is 6.79 Å². The first kappa shape index (κ1) is 19.9. The van der Waals surface area contributed by atoms with Crippen LogP contribution in [0.3, 0.4) is 0 Å². The molecule has 0 bridgehead atoms. The van der Waals surface area contributed by atoms with Crippen molar-refractivity contribution >= 4 is 29.9 Å². The summed E-state index contributed by atoms with van der Waals surface area (Å²) in [7, 11) is 1.75. The Balaban J connectivity index is 0.00000225. The second-order valence-electron chi connectivity index (χ2n) is 5.96. The fraction of sp³-hybridized carbons (Fsp3) is 0.211. The van der Waals surface area contributed by atoms with Crippen molar-refractivity contribution in [3.05, 3.63) is 66.4 Å². The van der Waals surface area contributed by atoms with Crippen molar-refractivity contribution in [3.8, 4) is 17.3 Å². The van der Waals surface area contributed by atoms with E-state index in [1.807, 2.05) is 47.3 Å². The third-order valence-electron chi connectivity index (χ3n) is 4.16. The molecule has 146 valence electrons. The summed E-state index contributed by atoms with van der Waals surface area (Å²) in [5.41, 5.74) is 2.15. The number of hydrogen-bond acceptors (Lipinski definition) is 5. The number of imidazole rings is 1. The Labute approximate surface area is 180 Å². The minimum absolute atomic E-state index is 0. The molecule has 9 heteroatoms. The molecule has 0 aliphatic carbocycles. The molecule has 28 heavy (non-hydrogen) atoms. The molecular formula is C19H21IN6O2. The highest BCUT2D eigenvalue weighted by Gasteiger charge is 2.13. The number of nitrogens with one attached hydrogen (secondary N) is 2. The first-order valence-corrected chi connectivity index (χ1v) is 8.58. The molecule has 1 aliphatic heterocycles. The summed E-state index contributed by atoms with van der Waals surface area (Å²) in [6.45, 7) is 1.54. The van der Waals surface area contributed by atoms with Crippen molar-refractivity contribution in [3.63, 3.8) is 0 Å². The second-order valence-corrected chi connectivity index (χ2v) is 5.96. The van der Waals surface area contributed by atoms with Gasteiger partial charge in [-0.25, -0.2) is 9.97 Å². The normalized spacial score (nSPS) is 12.4. The average molecular weight is 492 g/mol. The van der Waals surface area contributed by atoms with Crippen LogP contribution in [0, 0.1) is 0 Å². The van der Waals surface area contributed by atoms with Crippen molar-refractivity contribution in [1.29, 1.82) is 0 Å². The largest absolute Gasteiger partial charge is 0.454 e. The quantitative estimate of drug-likeness (QED) is 0.324. The zero-order valence-electron chi connectivity index (χ0n) is 15.3. The third-order valence-corrected chi connectivity index (χ3v) is 4.16. The highest BCUT2D eigenvalue weighted by Crippen LogP contribution is 2.32. The van der Waals surface area contributed by atoms with Crippen molar-refractivity contribution in [1.82, 2.24) is 25.2 Å². The molecule has 0 spiro atoms. The maximum atomic E-state index is 5.41. The van der Waals surface area contributed by atoms with Gasteiger partial charge < -0.3 is 20.1 Å². The van der Waals surface area contributed by atoms with Crippen LogP contribution in [0.2, 0.25) is 0 Å². The van der Waals surface area contributed by atoms with Gasteiger partial charge in [-0.1, -0.05) is 12.1 Å². The molecule has 2 N–H and O–H groups in total. The maximum Gasteiger partial charge on any atom is 0.231 e. The standard InChI is InChI=1S/C19H20N6O2.HI/c1-20-19(23-9-14-2-4-16-17(8-14)27-13-26-16)24-11-15-3-5-18(22-10-15)25-7-6-21-12-25;/h2-8,10,12H,9,11,13H2,1H3,(H2,20,23,24);1H. The van der Waals surface area contributed by atoms with Crippen LogP contribution < -0.4 is 20.1 Å². The molecule has 1 aliphatic rings. The fourth-order valence-electron chi connectivity index (χ4n) is 2.71. The molecule has 8 nitrogen and oxygen atoms in total. The number of fused-ring (bicyclic) bond motifs is 1. The van der Waals surface area contributed by atoms with Crippen LogP contribution in [0.1, 0.15) is 11.1 Å². The molecule has 1 aromatic carbocycles. The van der Waals surface area contributed by atoms with Gasteiger partial charge in [0.1, 0.15) is 12.1 Å². The molecular weight excluding hydrogens is 471 g/mol. The summed E-state index contributed by atoms with van der Waals surface area (Å²) in [6.07, 6.45) is 7.16. The summed E-state index contributed by atoms with van der Waals surface area (Å²) in [5.74, 6) is 3.11. The predicted molar refractivity (Wildman–Crippen MR) is 116 cm³/mol. The average Bonchev–Trinajstić information content (AvgIpc) is 3.40. The van der Waals surface area contributed by atoms with E-state index in [9.17, 15) is 0 Å². The summed E-state index contributed by atoms with van der Waals surface area (Å²) < 4.78 is 12.6. The van der Waals surface area contributed by atoms with Crippen LogP contribution in [0.4, 0.5) is 0 Å². The van der Waals surface area contributed by atoms with Crippen LogP contribution in [0.15, 0.2) is 60.2 Å². The van der Waals surface area contributed by atoms with Crippen molar-refractivity contribution < 1.29 is 9.47 Å².